The summed E-state index contributed by atoms with van der Waals surface area (Å²) in [4.78, 5) is 23.3. The number of hydrogen-bond acceptors (Lipinski definition) is 10. The van der Waals surface area contributed by atoms with Crippen LogP contribution in [0.25, 0.3) is 0 Å². The molecule has 1 saturated heterocycles. The first kappa shape index (κ1) is 22.9. The molecule has 7 unspecified atom stereocenters. The molecular weight excluding hydrogens is 354 g/mol. The summed E-state index contributed by atoms with van der Waals surface area (Å²) in [6.07, 6.45) is -10.1. The maximum absolute atomic E-state index is 11.7. The van der Waals surface area contributed by atoms with E-state index in [4.69, 9.17) is 14.6 Å². The van der Waals surface area contributed by atoms with Crippen molar-refractivity contribution in [3.05, 3.63) is 0 Å². The molecule has 0 spiro atoms. The van der Waals surface area contributed by atoms with Crippen LogP contribution in [0.3, 0.4) is 0 Å². The zero-order chi connectivity index (χ0) is 19.9. The number of carbonyl (C=O) groups is 2. The molecule has 1 rings (SSSR count). The number of unbranched alkanes of at least 4 members (excludes halogenated alkanes) is 1. The second-order valence-corrected chi connectivity index (χ2v) is 6.02. The van der Waals surface area contributed by atoms with Crippen molar-refractivity contribution in [1.29, 1.82) is 0 Å². The molecule has 0 bridgehead atoms. The van der Waals surface area contributed by atoms with Gasteiger partial charge in [-0.25, -0.2) is 0 Å². The van der Waals surface area contributed by atoms with E-state index in [0.29, 0.717) is 6.42 Å². The highest BCUT2D eigenvalue weighted by atomic mass is 16.7. The summed E-state index contributed by atoms with van der Waals surface area (Å²) >= 11 is 0. The highest BCUT2D eigenvalue weighted by molar-refractivity contribution is 6.37. The Kier molecular flexibility index (Phi) is 9.54. The molecule has 1 amide bonds. The fourth-order valence-electron chi connectivity index (χ4n) is 2.26. The fourth-order valence-corrected chi connectivity index (χ4v) is 2.26. The average Bonchev–Trinajstić information content (AvgIpc) is 2.64. The minimum absolute atomic E-state index is 0.255. The Morgan fingerprint density at radius 1 is 1.15 bits per heavy atom. The van der Waals surface area contributed by atoms with Crippen molar-refractivity contribution in [2.45, 2.75) is 62.7 Å². The van der Waals surface area contributed by atoms with Gasteiger partial charge >= 0.3 is 0 Å². The largest absolute Gasteiger partial charge is 0.394 e. The first-order valence-electron chi connectivity index (χ1n) is 8.34. The standard InChI is InChI=1S/C15H27NO10/c1-2-3-4-16-14(24)12(22)9(19)7(18)6-25-15-13(23)11(21)10(20)8(5-17)26-15/h7-11,13,15,17-21,23H,2-6H2,1H3,(H,16,24). The molecule has 26 heavy (non-hydrogen) atoms. The Morgan fingerprint density at radius 2 is 1.81 bits per heavy atom. The Labute approximate surface area is 150 Å². The summed E-state index contributed by atoms with van der Waals surface area (Å²) < 4.78 is 10.1. The second-order valence-electron chi connectivity index (χ2n) is 6.02. The lowest BCUT2D eigenvalue weighted by Gasteiger charge is -2.39. The normalized spacial score (nSPS) is 31.3. The number of aliphatic hydroxyl groups excluding tert-OH is 6. The van der Waals surface area contributed by atoms with Gasteiger partial charge in [0.15, 0.2) is 12.4 Å². The predicted octanol–water partition coefficient (Wildman–Crippen LogP) is -3.99. The number of ketones is 1. The van der Waals surface area contributed by atoms with Crippen LogP contribution in [-0.2, 0) is 19.1 Å². The van der Waals surface area contributed by atoms with Gasteiger partial charge in [-0.2, -0.15) is 0 Å². The van der Waals surface area contributed by atoms with Crippen LogP contribution < -0.4 is 5.32 Å². The van der Waals surface area contributed by atoms with Crippen molar-refractivity contribution in [3.8, 4) is 0 Å². The lowest BCUT2D eigenvalue weighted by Crippen LogP contribution is -2.59. The van der Waals surface area contributed by atoms with Gasteiger partial charge in [-0.15, -0.1) is 0 Å². The quantitative estimate of drug-likeness (QED) is 0.145. The summed E-state index contributed by atoms with van der Waals surface area (Å²) in [5, 5.41) is 59.9. The topological polar surface area (TPSA) is 186 Å². The zero-order valence-electron chi connectivity index (χ0n) is 14.4. The minimum atomic E-state index is -2.05. The Balaban J connectivity index is 2.52. The molecule has 0 aromatic carbocycles. The van der Waals surface area contributed by atoms with Crippen LogP contribution in [-0.4, -0.2) is 105 Å². The Morgan fingerprint density at radius 3 is 2.38 bits per heavy atom. The Hall–Kier alpha value is -1.18. The number of aliphatic hydroxyl groups is 6. The predicted molar refractivity (Wildman–Crippen MR) is 84.7 cm³/mol. The average molecular weight is 381 g/mol. The van der Waals surface area contributed by atoms with Crippen LogP contribution >= 0.6 is 0 Å². The van der Waals surface area contributed by atoms with Crippen molar-refractivity contribution in [2.24, 2.45) is 0 Å². The van der Waals surface area contributed by atoms with E-state index >= 15 is 0 Å². The van der Waals surface area contributed by atoms with Crippen molar-refractivity contribution in [1.82, 2.24) is 5.32 Å². The maximum Gasteiger partial charge on any atom is 0.290 e. The molecular formula is C15H27NO10. The number of rotatable bonds is 10. The number of nitrogens with one attached hydrogen (secondary N) is 1. The summed E-state index contributed by atoms with van der Waals surface area (Å²) in [7, 11) is 0. The molecule has 152 valence electrons. The maximum atomic E-state index is 11.7. The van der Waals surface area contributed by atoms with Crippen LogP contribution in [0.1, 0.15) is 19.8 Å². The van der Waals surface area contributed by atoms with E-state index in [1.165, 1.54) is 0 Å². The van der Waals surface area contributed by atoms with E-state index in [1.807, 2.05) is 6.92 Å². The summed E-state index contributed by atoms with van der Waals surface area (Å²) in [6, 6.07) is 0. The molecule has 7 atom stereocenters. The van der Waals surface area contributed by atoms with E-state index in [2.05, 4.69) is 5.32 Å². The number of Topliss-reactive ketones (excluding diaryl/α,β-unsaturated/α-hetero) is 1. The second kappa shape index (κ2) is 10.8. The van der Waals surface area contributed by atoms with Crippen molar-refractivity contribution in [3.63, 3.8) is 0 Å². The molecule has 11 heteroatoms. The van der Waals surface area contributed by atoms with Gasteiger partial charge in [-0.1, -0.05) is 13.3 Å². The van der Waals surface area contributed by atoms with E-state index in [0.717, 1.165) is 6.42 Å². The lowest BCUT2D eigenvalue weighted by atomic mass is 9.99. The van der Waals surface area contributed by atoms with E-state index < -0.39 is 67.8 Å². The highest BCUT2D eigenvalue weighted by Crippen LogP contribution is 2.22. The summed E-state index contributed by atoms with van der Waals surface area (Å²) in [5.74, 6) is -2.29. The molecule has 1 aliphatic heterocycles. The number of amides is 1. The van der Waals surface area contributed by atoms with Crippen LogP contribution in [0.2, 0.25) is 0 Å². The molecule has 11 nitrogen and oxygen atoms in total. The van der Waals surface area contributed by atoms with Gasteiger partial charge in [0, 0.05) is 6.54 Å². The van der Waals surface area contributed by atoms with Gasteiger partial charge in [0.1, 0.15) is 30.5 Å². The van der Waals surface area contributed by atoms with Gasteiger partial charge in [0.25, 0.3) is 11.7 Å². The molecule has 0 radical (unpaired) electrons. The monoisotopic (exact) mass is 381 g/mol. The van der Waals surface area contributed by atoms with Gasteiger partial charge in [-0.3, -0.25) is 9.59 Å². The molecule has 0 aromatic heterocycles. The lowest BCUT2D eigenvalue weighted by molar-refractivity contribution is -0.305. The number of ether oxygens (including phenoxy) is 2. The van der Waals surface area contributed by atoms with E-state index in [9.17, 15) is 35.1 Å². The molecule has 1 fully saturated rings. The number of hydrogen-bond donors (Lipinski definition) is 7. The first-order chi connectivity index (χ1) is 12.2. The molecule has 1 aliphatic rings. The molecule has 0 aliphatic carbocycles. The first-order valence-corrected chi connectivity index (χ1v) is 8.34. The molecule has 0 aromatic rings. The van der Waals surface area contributed by atoms with Crippen LogP contribution in [0, 0.1) is 0 Å². The summed E-state index contributed by atoms with van der Waals surface area (Å²) in [6.45, 7) is 0.776. The molecule has 0 saturated carbocycles. The van der Waals surface area contributed by atoms with Gasteiger partial charge in [0.05, 0.1) is 13.2 Å². The highest BCUT2D eigenvalue weighted by Gasteiger charge is 2.44. The third kappa shape index (κ3) is 5.93. The third-order valence-corrected chi connectivity index (χ3v) is 3.95. The number of carbonyl (C=O) groups excluding carboxylic acids is 2. The van der Waals surface area contributed by atoms with Crippen molar-refractivity contribution in [2.75, 3.05) is 19.8 Å². The van der Waals surface area contributed by atoms with Crippen LogP contribution in [0.5, 0.6) is 0 Å². The van der Waals surface area contributed by atoms with E-state index in [1.54, 1.807) is 0 Å². The third-order valence-electron chi connectivity index (χ3n) is 3.95. The zero-order valence-corrected chi connectivity index (χ0v) is 14.4. The summed E-state index contributed by atoms with van der Waals surface area (Å²) in [5.41, 5.74) is 0. The van der Waals surface area contributed by atoms with E-state index in [-0.39, 0.29) is 6.54 Å². The van der Waals surface area contributed by atoms with Gasteiger partial charge in [0.2, 0.25) is 0 Å². The van der Waals surface area contributed by atoms with Crippen molar-refractivity contribution >= 4 is 11.7 Å². The minimum Gasteiger partial charge on any atom is -0.394 e. The van der Waals surface area contributed by atoms with Gasteiger partial charge < -0.3 is 45.4 Å². The fraction of sp³-hybridized carbons (Fsp3) is 0.867. The SMILES string of the molecule is CCCCNC(=O)C(=O)C(O)C(O)COC1OC(CO)C(O)C(O)C1O. The molecule has 1 heterocycles. The van der Waals surface area contributed by atoms with Crippen LogP contribution in [0.4, 0.5) is 0 Å². The van der Waals surface area contributed by atoms with Gasteiger partial charge in [-0.05, 0) is 6.42 Å². The molecule has 7 N–H and O–H groups in total. The van der Waals surface area contributed by atoms with Crippen LogP contribution in [0.15, 0.2) is 0 Å². The van der Waals surface area contributed by atoms with Crippen molar-refractivity contribution < 1.29 is 49.7 Å². The Bertz CT molecular complexity index is 460. The smallest absolute Gasteiger partial charge is 0.290 e.